The molecular weight excluding hydrogens is 1220 g/mol. The van der Waals surface area contributed by atoms with Gasteiger partial charge >= 0.3 is 5.97 Å². The van der Waals surface area contributed by atoms with Gasteiger partial charge in [-0.1, -0.05) is 44.2 Å². The second kappa shape index (κ2) is 25.1. The van der Waals surface area contributed by atoms with Gasteiger partial charge in [0.15, 0.2) is 5.78 Å². The Morgan fingerprint density at radius 3 is 2.10 bits per heavy atom. The third-order valence-corrected chi connectivity index (χ3v) is 21.8. The Balaban J connectivity index is 0.964. The van der Waals surface area contributed by atoms with Crippen molar-refractivity contribution in [1.82, 2.24) is 56.2 Å². The number of anilines is 1. The number of aryl methyl sites for hydroxylation is 1. The molecule has 28 heteroatoms. The summed E-state index contributed by atoms with van der Waals surface area (Å²) in [6.07, 6.45) is 1.28. The van der Waals surface area contributed by atoms with Crippen LogP contribution in [0, 0.1) is 23.7 Å². The van der Waals surface area contributed by atoms with Crippen molar-refractivity contribution in [3.05, 3.63) is 111 Å². The second-order valence-electron chi connectivity index (χ2n) is 21.8. The lowest BCUT2D eigenvalue weighted by molar-refractivity contribution is -0.162. The van der Waals surface area contributed by atoms with E-state index in [2.05, 4.69) is 26.6 Å². The molecule has 86 heavy (non-hydrogen) atoms. The van der Waals surface area contributed by atoms with Crippen molar-refractivity contribution in [2.75, 3.05) is 26.0 Å². The zero-order chi connectivity index (χ0) is 60.6. The quantitative estimate of drug-likeness (QED) is 0.0633. The lowest BCUT2D eigenvalue weighted by Crippen LogP contribution is -2.50. The molecule has 3 aliphatic carbocycles. The molecule has 7 N–H and O–H groups in total. The molecule has 0 saturated heterocycles. The Morgan fingerprint density at radius 2 is 1.38 bits per heavy atom. The highest BCUT2D eigenvalue weighted by molar-refractivity contribution is 7.15. The van der Waals surface area contributed by atoms with Crippen LogP contribution < -0.4 is 26.6 Å². The summed E-state index contributed by atoms with van der Waals surface area (Å²) < 4.78 is 5.47. The highest BCUT2D eigenvalue weighted by Gasteiger charge is 2.55. The van der Waals surface area contributed by atoms with E-state index < -0.39 is 65.2 Å². The van der Waals surface area contributed by atoms with Crippen molar-refractivity contribution in [1.29, 1.82) is 0 Å². The first-order valence-electron chi connectivity index (χ1n) is 27.5. The number of aliphatic hydroxyl groups is 1. The largest absolute Gasteiger partial charge is 0.481 e. The summed E-state index contributed by atoms with van der Waals surface area (Å²) in [5, 5.41) is 45.5. The van der Waals surface area contributed by atoms with Crippen LogP contribution in [0.3, 0.4) is 0 Å². The van der Waals surface area contributed by atoms with E-state index in [1.54, 1.807) is 70.9 Å². The number of methoxy groups -OCH3 is 1. The van der Waals surface area contributed by atoms with Gasteiger partial charge in [0.25, 0.3) is 11.8 Å². The second-order valence-corrected chi connectivity index (χ2v) is 27.6. The van der Waals surface area contributed by atoms with Crippen molar-refractivity contribution in [3.8, 4) is 43.4 Å². The summed E-state index contributed by atoms with van der Waals surface area (Å²) in [5.41, 5.74) is 1.50. The maximum absolute atomic E-state index is 14.4. The number of aliphatic hydroxyl groups excluding tert-OH is 1. The zero-order valence-electron chi connectivity index (χ0n) is 47.0. The summed E-state index contributed by atoms with van der Waals surface area (Å²) >= 11 is 7.35. The van der Waals surface area contributed by atoms with E-state index >= 15 is 0 Å². The lowest BCUT2D eigenvalue weighted by Gasteiger charge is -2.50. The Morgan fingerprint density at radius 1 is 0.709 bits per heavy atom. The van der Waals surface area contributed by atoms with Gasteiger partial charge in [0.05, 0.1) is 46.6 Å². The standard InChI is InChI=1S/C58H58N12O10S6/c1-27(2)31-19-37(71)42-28(3)85-53(69-42)33(20-40(72)59-4)62-47(75)35-24-81-49(64-35)30-11-12-32(51-66-39(26-84-51)67-55(77)57-13-16-58(17-14-57,18-15-57)56(78)79)61-43(30)34-23-82-52(63-34)36-25-83-54(65-36)45(46(74)29-9-7-6-8-10-29)68-41(73)21-60-48(76)44-38(22-80-5)86-50(31)70-44/h6-12,23-27,31,33,45-46,74H,13-22H2,1-5H3,(H,59,72)(H,60,76)(H,62,75)(H,67,77)(H,68,73)(H,78,79)/t31-,33+,45+,46+,57?,58?/m1/s1. The maximum atomic E-state index is 14.4. The predicted octanol–water partition coefficient (Wildman–Crippen LogP) is 9.56. The summed E-state index contributed by atoms with van der Waals surface area (Å²) in [4.78, 5) is 131. The minimum atomic E-state index is -1.27. The first-order valence-corrected chi connectivity index (χ1v) is 32.7. The fourth-order valence-electron chi connectivity index (χ4n) is 11.0. The van der Waals surface area contributed by atoms with Crippen molar-refractivity contribution >= 4 is 115 Å². The van der Waals surface area contributed by atoms with Gasteiger partial charge in [-0.3, -0.25) is 33.6 Å². The van der Waals surface area contributed by atoms with Gasteiger partial charge in [-0.25, -0.2) is 34.9 Å². The molecule has 446 valence electrons. The molecule has 1 aliphatic heterocycles. The number of Topliss-reactive ketones (excluding diaryl/α,β-unsaturated/α-hetero) is 1. The number of carboxylic acid groups (broad SMARTS) is 1. The third-order valence-electron chi connectivity index (χ3n) is 16.0. The van der Waals surface area contributed by atoms with Crippen LogP contribution in [0.5, 0.6) is 0 Å². The molecule has 3 saturated carbocycles. The number of benzene rings is 1. The number of hydrogen-bond donors (Lipinski definition) is 7. The fourth-order valence-corrected chi connectivity index (χ4v) is 16.6. The molecule has 3 fully saturated rings. The van der Waals surface area contributed by atoms with Gasteiger partial charge in [-0.05, 0) is 69.1 Å². The molecule has 1 aromatic carbocycles. The number of rotatable bonds is 11. The van der Waals surface area contributed by atoms with E-state index in [4.69, 9.17) is 39.6 Å². The van der Waals surface area contributed by atoms with Gasteiger partial charge in [0, 0.05) is 63.9 Å². The first kappa shape index (κ1) is 60.3. The van der Waals surface area contributed by atoms with Gasteiger partial charge in [-0.15, -0.1) is 68.0 Å². The zero-order valence-corrected chi connectivity index (χ0v) is 51.9. The topological polar surface area (TPSA) is 320 Å². The smallest absolute Gasteiger partial charge is 0.309 e. The highest BCUT2D eigenvalue weighted by atomic mass is 32.1. The monoisotopic (exact) mass is 1270 g/mol. The number of aromatic nitrogens is 7. The van der Waals surface area contributed by atoms with Crippen LogP contribution in [0.1, 0.15) is 151 Å². The van der Waals surface area contributed by atoms with Gasteiger partial charge in [0.1, 0.15) is 77.2 Å². The van der Waals surface area contributed by atoms with Crippen LogP contribution >= 0.6 is 68.0 Å². The number of thiazole rings is 6. The summed E-state index contributed by atoms with van der Waals surface area (Å²) in [7, 11) is 2.97. The van der Waals surface area contributed by atoms with Gasteiger partial charge < -0.3 is 41.5 Å². The number of hydrogen-bond acceptors (Lipinski definition) is 22. The average molecular weight is 1280 g/mol. The van der Waals surface area contributed by atoms with E-state index in [1.807, 2.05) is 13.8 Å². The summed E-state index contributed by atoms with van der Waals surface area (Å²) in [5.74, 6) is -3.82. The number of pyridine rings is 1. The Labute approximate surface area is 516 Å². The molecule has 8 aromatic rings. The normalized spacial score (nSPS) is 21.3. The van der Waals surface area contributed by atoms with Gasteiger partial charge in [-0.2, -0.15) is 0 Å². The molecule has 8 heterocycles. The van der Waals surface area contributed by atoms with Crippen LogP contribution in [0.2, 0.25) is 0 Å². The number of nitrogens with zero attached hydrogens (tertiary/aromatic N) is 7. The third kappa shape index (κ3) is 12.3. The Bertz CT molecular complexity index is 3900. The predicted molar refractivity (Wildman–Crippen MR) is 327 cm³/mol. The SMILES string of the molecule is CNC(=O)C[C@@H]1NC(=O)c2csc(n2)-c2ccc(-c3nc(NC(=O)C45CCC(C(=O)O)(CC4)CC5)cs3)nc2-c2csc(n2)-c2csc(n2)[C@H]([C@@H](O)c2ccccc2)NC(=O)CNC(=O)c2nc(sc2COC)[C@@H](C(C)C)CC(=O)c2nc1sc2C. The molecule has 0 spiro atoms. The lowest BCUT2D eigenvalue weighted by atomic mass is 9.53. The number of aliphatic carboxylic acids is 1. The molecule has 5 amide bonds. The number of fused-ring (bicyclic) bond motifs is 17. The van der Waals surface area contributed by atoms with Crippen molar-refractivity contribution in [2.45, 2.75) is 103 Å². The van der Waals surface area contributed by atoms with Crippen LogP contribution in [0.4, 0.5) is 5.82 Å². The van der Waals surface area contributed by atoms with Crippen molar-refractivity contribution < 1.29 is 48.5 Å². The Kier molecular flexibility index (Phi) is 17.6. The average Bonchev–Trinajstić information content (AvgIpc) is 2.01. The summed E-state index contributed by atoms with van der Waals surface area (Å²) in [6.45, 7) is 5.17. The molecule has 0 radical (unpaired) electrons. The van der Waals surface area contributed by atoms with E-state index in [0.717, 1.165) is 0 Å². The van der Waals surface area contributed by atoms with E-state index in [-0.39, 0.29) is 60.0 Å². The molecule has 12 bridgehead atoms. The minimum absolute atomic E-state index is 0.0287. The summed E-state index contributed by atoms with van der Waals surface area (Å²) in [6, 6.07) is 10.3. The fraction of sp³-hybridized carbons (Fsp3) is 0.379. The Hall–Kier alpha value is -7.44. The van der Waals surface area contributed by atoms with Crippen LogP contribution in [0.15, 0.2) is 64.0 Å². The van der Waals surface area contributed by atoms with E-state index in [9.17, 15) is 43.8 Å². The van der Waals surface area contributed by atoms with Crippen molar-refractivity contribution in [3.63, 3.8) is 0 Å². The number of amides is 5. The number of carbonyl (C=O) groups excluding carboxylic acids is 6. The minimum Gasteiger partial charge on any atom is -0.481 e. The van der Waals surface area contributed by atoms with E-state index in [1.165, 1.54) is 82.2 Å². The first-order chi connectivity index (χ1) is 41.3. The number of carbonyl (C=O) groups is 7. The molecular formula is C58H58N12O10S6. The van der Waals surface area contributed by atoms with Crippen molar-refractivity contribution in [2.24, 2.45) is 16.7 Å². The number of ether oxygens (including phenoxy) is 1. The van der Waals surface area contributed by atoms with E-state index in [0.29, 0.717) is 118 Å². The maximum Gasteiger partial charge on any atom is 0.309 e. The van der Waals surface area contributed by atoms with Crippen LogP contribution in [-0.2, 0) is 30.5 Å². The van der Waals surface area contributed by atoms with Crippen LogP contribution in [0.25, 0.3) is 43.4 Å². The number of nitrogens with one attached hydrogen (secondary N) is 5. The number of ketones is 1. The molecule has 0 unspecified atom stereocenters. The number of carboxylic acids is 1. The molecule has 22 nitrogen and oxygen atoms in total. The van der Waals surface area contributed by atoms with Crippen LogP contribution in [-0.4, -0.2) is 107 Å². The molecule has 4 atom stereocenters. The molecule has 7 aromatic heterocycles. The van der Waals surface area contributed by atoms with Gasteiger partial charge in [0.2, 0.25) is 17.7 Å². The highest BCUT2D eigenvalue weighted by Crippen LogP contribution is 2.57. The molecule has 4 aliphatic rings. The molecule has 12 rings (SSSR count).